The van der Waals surface area contributed by atoms with Gasteiger partial charge >= 0.3 is 0 Å². The number of nitriles is 1. The van der Waals surface area contributed by atoms with Gasteiger partial charge in [-0.3, -0.25) is 0 Å². The zero-order valence-corrected chi connectivity index (χ0v) is 14.5. The van der Waals surface area contributed by atoms with Gasteiger partial charge in [-0.05, 0) is 50.0 Å². The van der Waals surface area contributed by atoms with E-state index in [0.29, 0.717) is 22.5 Å². The second-order valence-electron chi connectivity index (χ2n) is 4.83. The summed E-state index contributed by atoms with van der Waals surface area (Å²) in [6.45, 7) is 2.38. The predicted molar refractivity (Wildman–Crippen MR) is 86.9 cm³/mol. The predicted octanol–water partition coefficient (Wildman–Crippen LogP) is 2.02. The Morgan fingerprint density at radius 3 is 2.81 bits per heavy atom. The smallest absolute Gasteiger partial charge is 0.240 e. The van der Waals surface area contributed by atoms with Crippen molar-refractivity contribution in [3.63, 3.8) is 0 Å². The standard InChI is InChI=1S/C13H16BrN3O2S.ClH/c14-12-5-11(8-15)6-13(7-12)20(18,19)17-4-2-10-1-3-16-9-10;/h5-7,10,16-17H,1-4,9H2;1H. The van der Waals surface area contributed by atoms with Crippen molar-refractivity contribution >= 4 is 38.4 Å². The van der Waals surface area contributed by atoms with E-state index in [9.17, 15) is 8.42 Å². The Bertz CT molecular complexity index is 625. The largest absolute Gasteiger partial charge is 0.316 e. The summed E-state index contributed by atoms with van der Waals surface area (Å²) in [7, 11) is -3.56. The van der Waals surface area contributed by atoms with Crippen LogP contribution in [0.25, 0.3) is 0 Å². The number of rotatable bonds is 5. The Hall–Kier alpha value is -0.650. The first-order chi connectivity index (χ1) is 9.51. The van der Waals surface area contributed by atoms with Crippen LogP contribution in [0.3, 0.4) is 0 Å². The molecule has 0 radical (unpaired) electrons. The molecule has 1 fully saturated rings. The van der Waals surface area contributed by atoms with Crippen molar-refractivity contribution < 1.29 is 8.42 Å². The van der Waals surface area contributed by atoms with Gasteiger partial charge in [0.25, 0.3) is 0 Å². The number of hydrogen-bond donors (Lipinski definition) is 2. The third-order valence-electron chi connectivity index (χ3n) is 3.32. The Morgan fingerprint density at radius 1 is 1.43 bits per heavy atom. The normalized spacial score (nSPS) is 18.0. The molecule has 0 amide bonds. The second kappa shape index (κ2) is 8.11. The zero-order chi connectivity index (χ0) is 14.6. The average Bonchev–Trinajstić information content (AvgIpc) is 2.91. The van der Waals surface area contributed by atoms with E-state index in [0.717, 1.165) is 25.9 Å². The summed E-state index contributed by atoms with van der Waals surface area (Å²) >= 11 is 3.22. The van der Waals surface area contributed by atoms with Crippen molar-refractivity contribution in [1.29, 1.82) is 5.26 Å². The number of benzene rings is 1. The van der Waals surface area contributed by atoms with Gasteiger partial charge in [-0.15, -0.1) is 12.4 Å². The molecule has 1 aliphatic heterocycles. The summed E-state index contributed by atoms with van der Waals surface area (Å²) in [6, 6.07) is 6.42. The first kappa shape index (κ1) is 18.4. The minimum Gasteiger partial charge on any atom is -0.316 e. The van der Waals surface area contributed by atoms with Crippen molar-refractivity contribution in [3.8, 4) is 6.07 Å². The fraction of sp³-hybridized carbons (Fsp3) is 0.462. The number of halogens is 2. The molecular formula is C13H17BrClN3O2S. The average molecular weight is 395 g/mol. The van der Waals surface area contributed by atoms with Gasteiger partial charge in [-0.1, -0.05) is 15.9 Å². The second-order valence-corrected chi connectivity index (χ2v) is 7.52. The third kappa shape index (κ3) is 5.24. The molecule has 0 aromatic heterocycles. The number of sulfonamides is 1. The summed E-state index contributed by atoms with van der Waals surface area (Å²) in [5.74, 6) is 0.537. The van der Waals surface area contributed by atoms with Gasteiger partial charge in [-0.2, -0.15) is 5.26 Å². The van der Waals surface area contributed by atoms with Crippen LogP contribution in [-0.2, 0) is 10.0 Å². The molecule has 21 heavy (non-hydrogen) atoms. The molecule has 1 atom stereocenters. The molecular weight excluding hydrogens is 378 g/mol. The fourth-order valence-electron chi connectivity index (χ4n) is 2.22. The Balaban J connectivity index is 0.00000220. The van der Waals surface area contributed by atoms with Gasteiger partial charge in [0.2, 0.25) is 10.0 Å². The van der Waals surface area contributed by atoms with Crippen molar-refractivity contribution in [3.05, 3.63) is 28.2 Å². The van der Waals surface area contributed by atoms with Crippen molar-refractivity contribution in [2.75, 3.05) is 19.6 Å². The van der Waals surface area contributed by atoms with Crippen molar-refractivity contribution in [1.82, 2.24) is 10.0 Å². The van der Waals surface area contributed by atoms with E-state index in [1.807, 2.05) is 6.07 Å². The monoisotopic (exact) mass is 393 g/mol. The molecule has 0 aliphatic carbocycles. The lowest BCUT2D eigenvalue weighted by atomic mass is 10.1. The van der Waals surface area contributed by atoms with Crippen LogP contribution in [0.5, 0.6) is 0 Å². The maximum Gasteiger partial charge on any atom is 0.240 e. The van der Waals surface area contributed by atoms with Crippen LogP contribution in [-0.4, -0.2) is 28.1 Å². The lowest BCUT2D eigenvalue weighted by molar-refractivity contribution is 0.519. The molecule has 8 heteroatoms. The van der Waals surface area contributed by atoms with Crippen LogP contribution in [0.15, 0.2) is 27.6 Å². The first-order valence-electron chi connectivity index (χ1n) is 6.42. The summed E-state index contributed by atoms with van der Waals surface area (Å²) in [5, 5.41) is 12.1. The van der Waals surface area contributed by atoms with E-state index in [4.69, 9.17) is 5.26 Å². The molecule has 0 bridgehead atoms. The Morgan fingerprint density at radius 2 is 2.19 bits per heavy atom. The van der Waals surface area contributed by atoms with E-state index in [1.165, 1.54) is 12.1 Å². The van der Waals surface area contributed by atoms with E-state index in [1.54, 1.807) is 6.07 Å². The maximum atomic E-state index is 12.2. The molecule has 1 aliphatic rings. The van der Waals surface area contributed by atoms with E-state index >= 15 is 0 Å². The van der Waals surface area contributed by atoms with Crippen LogP contribution < -0.4 is 10.0 Å². The Labute approximate surface area is 139 Å². The van der Waals surface area contributed by atoms with Gasteiger partial charge < -0.3 is 5.32 Å². The molecule has 1 heterocycles. The molecule has 0 spiro atoms. The SMILES string of the molecule is Cl.N#Cc1cc(Br)cc(S(=O)(=O)NCCC2CCNC2)c1. The van der Waals surface area contributed by atoms with Crippen LogP contribution in [0.1, 0.15) is 18.4 Å². The van der Waals surface area contributed by atoms with E-state index in [2.05, 4.69) is 26.0 Å². The molecule has 1 saturated heterocycles. The third-order valence-corrected chi connectivity index (χ3v) is 5.22. The minimum atomic E-state index is -3.56. The van der Waals surface area contributed by atoms with Gasteiger partial charge in [0.15, 0.2) is 0 Å². The highest BCUT2D eigenvalue weighted by atomic mass is 79.9. The van der Waals surface area contributed by atoms with Crippen LogP contribution >= 0.6 is 28.3 Å². The van der Waals surface area contributed by atoms with Crippen LogP contribution in [0, 0.1) is 17.2 Å². The van der Waals surface area contributed by atoms with Crippen LogP contribution in [0.4, 0.5) is 0 Å². The zero-order valence-electron chi connectivity index (χ0n) is 11.3. The van der Waals surface area contributed by atoms with E-state index in [-0.39, 0.29) is 17.3 Å². The lowest BCUT2D eigenvalue weighted by Crippen LogP contribution is -2.26. The molecule has 1 aromatic rings. The van der Waals surface area contributed by atoms with Gasteiger partial charge in [0.1, 0.15) is 0 Å². The van der Waals surface area contributed by atoms with Gasteiger partial charge in [0.05, 0.1) is 16.5 Å². The molecule has 2 N–H and O–H groups in total. The Kier molecular flexibility index (Phi) is 7.10. The quantitative estimate of drug-likeness (QED) is 0.800. The highest BCUT2D eigenvalue weighted by Crippen LogP contribution is 2.19. The van der Waals surface area contributed by atoms with Crippen molar-refractivity contribution in [2.45, 2.75) is 17.7 Å². The number of nitrogens with one attached hydrogen (secondary N) is 2. The molecule has 0 saturated carbocycles. The maximum absolute atomic E-state index is 12.2. The lowest BCUT2D eigenvalue weighted by Gasteiger charge is -2.10. The van der Waals surface area contributed by atoms with Gasteiger partial charge in [0, 0.05) is 11.0 Å². The molecule has 2 rings (SSSR count). The topological polar surface area (TPSA) is 82.0 Å². The summed E-state index contributed by atoms with van der Waals surface area (Å²) in [6.07, 6.45) is 1.92. The van der Waals surface area contributed by atoms with Gasteiger partial charge in [-0.25, -0.2) is 13.1 Å². The number of nitrogens with zero attached hydrogens (tertiary/aromatic N) is 1. The summed E-state index contributed by atoms with van der Waals surface area (Å²) in [4.78, 5) is 0.118. The minimum absolute atomic E-state index is 0. The molecule has 1 unspecified atom stereocenters. The highest BCUT2D eigenvalue weighted by Gasteiger charge is 2.18. The molecule has 1 aromatic carbocycles. The highest BCUT2D eigenvalue weighted by molar-refractivity contribution is 9.10. The molecule has 116 valence electrons. The van der Waals surface area contributed by atoms with E-state index < -0.39 is 10.0 Å². The molecule has 5 nitrogen and oxygen atoms in total. The van der Waals surface area contributed by atoms with Crippen LogP contribution in [0.2, 0.25) is 0 Å². The van der Waals surface area contributed by atoms with Crippen molar-refractivity contribution in [2.24, 2.45) is 5.92 Å². The number of hydrogen-bond acceptors (Lipinski definition) is 4. The fourth-order valence-corrected chi connectivity index (χ4v) is 3.99. The summed E-state index contributed by atoms with van der Waals surface area (Å²) < 4.78 is 27.5. The first-order valence-corrected chi connectivity index (χ1v) is 8.70. The summed E-state index contributed by atoms with van der Waals surface area (Å²) in [5.41, 5.74) is 0.319.